The van der Waals surface area contributed by atoms with Crippen molar-refractivity contribution in [2.75, 3.05) is 13.1 Å². The number of aryl methyl sites for hydroxylation is 1. The molecule has 80 valence electrons. The number of rotatable bonds is 3. The Morgan fingerprint density at radius 1 is 1.60 bits per heavy atom. The molecule has 0 atom stereocenters. The van der Waals surface area contributed by atoms with E-state index in [-0.39, 0.29) is 0 Å². The normalized spacial score (nSPS) is 18.2. The highest BCUT2D eigenvalue weighted by Crippen LogP contribution is 2.27. The van der Waals surface area contributed by atoms with E-state index < -0.39 is 11.4 Å². The molecule has 15 heavy (non-hydrogen) atoms. The topological polar surface area (TPSA) is 62.2 Å². The number of hydrogen-bond acceptors (Lipinski definition) is 3. The van der Waals surface area contributed by atoms with Crippen LogP contribution in [0.3, 0.4) is 0 Å². The summed E-state index contributed by atoms with van der Waals surface area (Å²) >= 11 is 0. The summed E-state index contributed by atoms with van der Waals surface area (Å²) in [5, 5.41) is 12.2. The molecule has 0 amide bonds. The van der Waals surface area contributed by atoms with Gasteiger partial charge in [0, 0.05) is 30.9 Å². The van der Waals surface area contributed by atoms with Crippen molar-refractivity contribution < 1.29 is 9.90 Å². The third kappa shape index (κ3) is 1.85. The first kappa shape index (κ1) is 10.1. The molecule has 1 saturated heterocycles. The van der Waals surface area contributed by atoms with Gasteiger partial charge in [0.15, 0.2) is 0 Å². The zero-order chi connectivity index (χ0) is 10.9. The van der Waals surface area contributed by atoms with Gasteiger partial charge in [-0.1, -0.05) is 6.07 Å². The maximum atomic E-state index is 11.1. The molecule has 0 aliphatic carbocycles. The molecular formula is C11H14N2O2. The van der Waals surface area contributed by atoms with Crippen molar-refractivity contribution in [3.63, 3.8) is 0 Å². The van der Waals surface area contributed by atoms with Crippen molar-refractivity contribution in [2.45, 2.75) is 13.3 Å². The predicted molar refractivity (Wildman–Crippen MR) is 55.6 cm³/mol. The number of carboxylic acids is 1. The average Bonchev–Trinajstić information content (AvgIpc) is 2.11. The summed E-state index contributed by atoms with van der Waals surface area (Å²) in [6, 6.07) is 5.71. The van der Waals surface area contributed by atoms with Crippen molar-refractivity contribution in [1.82, 2.24) is 10.3 Å². The molecule has 2 heterocycles. The van der Waals surface area contributed by atoms with Gasteiger partial charge in [-0.3, -0.25) is 9.78 Å². The Bertz CT molecular complexity index is 386. The second kappa shape index (κ2) is 3.62. The number of carbonyl (C=O) groups is 1. The van der Waals surface area contributed by atoms with Gasteiger partial charge in [-0.2, -0.15) is 0 Å². The Kier molecular flexibility index (Phi) is 2.44. The minimum absolute atomic E-state index is 0.511. The van der Waals surface area contributed by atoms with Gasteiger partial charge in [0.25, 0.3) is 0 Å². The molecule has 0 spiro atoms. The Labute approximate surface area is 88.3 Å². The smallest absolute Gasteiger partial charge is 0.312 e. The number of nitrogens with zero attached hydrogens (tertiary/aromatic N) is 1. The zero-order valence-corrected chi connectivity index (χ0v) is 8.66. The van der Waals surface area contributed by atoms with Crippen molar-refractivity contribution in [2.24, 2.45) is 5.41 Å². The van der Waals surface area contributed by atoms with Crippen LogP contribution in [-0.2, 0) is 11.2 Å². The number of pyridine rings is 1. The maximum Gasteiger partial charge on any atom is 0.312 e. The molecule has 1 aliphatic heterocycles. The van der Waals surface area contributed by atoms with Gasteiger partial charge in [0.1, 0.15) is 0 Å². The summed E-state index contributed by atoms with van der Waals surface area (Å²) < 4.78 is 0. The molecule has 4 nitrogen and oxygen atoms in total. The van der Waals surface area contributed by atoms with E-state index >= 15 is 0 Å². The van der Waals surface area contributed by atoms with E-state index in [2.05, 4.69) is 10.3 Å². The Balaban J connectivity index is 2.17. The molecular weight excluding hydrogens is 192 g/mol. The molecule has 1 aliphatic rings. The highest BCUT2D eigenvalue weighted by Gasteiger charge is 2.44. The third-order valence-corrected chi connectivity index (χ3v) is 2.85. The van der Waals surface area contributed by atoms with Crippen molar-refractivity contribution in [1.29, 1.82) is 0 Å². The van der Waals surface area contributed by atoms with Crippen molar-refractivity contribution in [3.8, 4) is 0 Å². The van der Waals surface area contributed by atoms with E-state index in [1.165, 1.54) is 0 Å². The minimum Gasteiger partial charge on any atom is -0.481 e. The minimum atomic E-state index is -0.732. The van der Waals surface area contributed by atoms with Crippen LogP contribution in [0.5, 0.6) is 0 Å². The number of nitrogens with one attached hydrogen (secondary N) is 1. The molecule has 0 bridgehead atoms. The molecule has 2 N–H and O–H groups in total. The fourth-order valence-corrected chi connectivity index (χ4v) is 1.82. The first-order chi connectivity index (χ1) is 7.12. The van der Waals surface area contributed by atoms with Gasteiger partial charge in [-0.15, -0.1) is 0 Å². The van der Waals surface area contributed by atoms with Crippen LogP contribution < -0.4 is 5.32 Å². The van der Waals surface area contributed by atoms with E-state index in [4.69, 9.17) is 5.11 Å². The number of hydrogen-bond donors (Lipinski definition) is 2. The first-order valence-corrected chi connectivity index (χ1v) is 4.99. The number of aromatic nitrogens is 1. The second-order valence-corrected chi connectivity index (χ2v) is 4.14. The largest absolute Gasteiger partial charge is 0.481 e. The molecule has 1 aromatic rings. The lowest BCUT2D eigenvalue weighted by atomic mass is 9.77. The predicted octanol–water partition coefficient (Wildman–Crippen LogP) is 0.607. The molecule has 1 fully saturated rings. The van der Waals surface area contributed by atoms with Crippen LogP contribution in [0.4, 0.5) is 0 Å². The zero-order valence-electron chi connectivity index (χ0n) is 8.66. The van der Waals surface area contributed by atoms with Gasteiger partial charge < -0.3 is 10.4 Å². The lowest BCUT2D eigenvalue weighted by molar-refractivity contribution is -0.152. The van der Waals surface area contributed by atoms with Gasteiger partial charge in [-0.05, 0) is 19.1 Å². The standard InChI is InChI=1S/C11H14N2O2/c1-8-3-2-4-9(13-8)5-11(10(14)15)6-12-7-11/h2-4,12H,5-7H2,1H3,(H,14,15). The molecule has 0 unspecified atom stereocenters. The Morgan fingerprint density at radius 2 is 2.33 bits per heavy atom. The van der Waals surface area contributed by atoms with Crippen LogP contribution >= 0.6 is 0 Å². The number of carboxylic acid groups (broad SMARTS) is 1. The Morgan fingerprint density at radius 3 is 2.80 bits per heavy atom. The fraction of sp³-hybridized carbons (Fsp3) is 0.455. The molecule has 4 heteroatoms. The highest BCUT2D eigenvalue weighted by molar-refractivity contribution is 5.77. The van der Waals surface area contributed by atoms with E-state index in [0.717, 1.165) is 11.4 Å². The summed E-state index contributed by atoms with van der Waals surface area (Å²) in [7, 11) is 0. The van der Waals surface area contributed by atoms with Crippen LogP contribution in [0.1, 0.15) is 11.4 Å². The lowest BCUT2D eigenvalue weighted by Crippen LogP contribution is -2.59. The van der Waals surface area contributed by atoms with Crippen LogP contribution in [0, 0.1) is 12.3 Å². The average molecular weight is 206 g/mol. The Hall–Kier alpha value is -1.42. The summed E-state index contributed by atoms with van der Waals surface area (Å²) in [5.74, 6) is -0.732. The van der Waals surface area contributed by atoms with Gasteiger partial charge in [0.2, 0.25) is 0 Å². The fourth-order valence-electron chi connectivity index (χ4n) is 1.82. The van der Waals surface area contributed by atoms with Crippen LogP contribution in [-0.4, -0.2) is 29.1 Å². The SMILES string of the molecule is Cc1cccc(CC2(C(=O)O)CNC2)n1. The second-order valence-electron chi connectivity index (χ2n) is 4.14. The summed E-state index contributed by atoms with van der Waals surface area (Å²) in [6.45, 7) is 2.99. The maximum absolute atomic E-state index is 11.1. The molecule has 0 saturated carbocycles. The summed E-state index contributed by atoms with van der Waals surface area (Å²) in [6.07, 6.45) is 0.511. The van der Waals surface area contributed by atoms with Crippen LogP contribution in [0.25, 0.3) is 0 Å². The molecule has 1 aromatic heterocycles. The van der Waals surface area contributed by atoms with Crippen molar-refractivity contribution in [3.05, 3.63) is 29.6 Å². The molecule has 0 aromatic carbocycles. The lowest BCUT2D eigenvalue weighted by Gasteiger charge is -2.38. The summed E-state index contributed by atoms with van der Waals surface area (Å²) in [4.78, 5) is 15.5. The van der Waals surface area contributed by atoms with Crippen LogP contribution in [0.2, 0.25) is 0 Å². The molecule has 2 rings (SSSR count). The van der Waals surface area contributed by atoms with Gasteiger partial charge in [-0.25, -0.2) is 0 Å². The van der Waals surface area contributed by atoms with Crippen LogP contribution in [0.15, 0.2) is 18.2 Å². The first-order valence-electron chi connectivity index (χ1n) is 4.99. The van der Waals surface area contributed by atoms with E-state index in [9.17, 15) is 4.79 Å². The highest BCUT2D eigenvalue weighted by atomic mass is 16.4. The summed E-state index contributed by atoms with van der Waals surface area (Å²) in [5.41, 5.74) is 1.15. The van der Waals surface area contributed by atoms with Crippen molar-refractivity contribution >= 4 is 5.97 Å². The van der Waals surface area contributed by atoms with E-state index in [1.807, 2.05) is 25.1 Å². The van der Waals surface area contributed by atoms with E-state index in [1.54, 1.807) is 0 Å². The quantitative estimate of drug-likeness (QED) is 0.760. The van der Waals surface area contributed by atoms with E-state index in [0.29, 0.717) is 19.5 Å². The number of aliphatic carboxylic acids is 1. The van der Waals surface area contributed by atoms with Gasteiger partial charge >= 0.3 is 5.97 Å². The van der Waals surface area contributed by atoms with Gasteiger partial charge in [0.05, 0.1) is 5.41 Å². The monoisotopic (exact) mass is 206 g/mol. The third-order valence-electron chi connectivity index (χ3n) is 2.85. The molecule has 0 radical (unpaired) electrons.